The molecule has 1 aromatic carbocycles. The van der Waals surface area contributed by atoms with Crippen LogP contribution in [0.25, 0.3) is 11.0 Å². The fourth-order valence-electron chi connectivity index (χ4n) is 2.34. The number of hydrogen-bond acceptors (Lipinski definition) is 3. The minimum Gasteiger partial charge on any atom is -0.459 e. The minimum absolute atomic E-state index is 0. The van der Waals surface area contributed by atoms with Crippen molar-refractivity contribution < 1.29 is 9.21 Å². The fourth-order valence-corrected chi connectivity index (χ4v) is 2.34. The van der Waals surface area contributed by atoms with Crippen LogP contribution in [0, 0.1) is 0 Å². The van der Waals surface area contributed by atoms with E-state index in [2.05, 4.69) is 15.6 Å². The molecule has 0 saturated heterocycles. The van der Waals surface area contributed by atoms with Crippen molar-refractivity contribution in [1.82, 2.24) is 15.5 Å². The first-order valence-electron chi connectivity index (χ1n) is 7.68. The van der Waals surface area contributed by atoms with Gasteiger partial charge in [-0.25, -0.2) is 0 Å². The van der Waals surface area contributed by atoms with Crippen molar-refractivity contribution in [2.75, 3.05) is 20.6 Å². The van der Waals surface area contributed by atoms with Crippen LogP contribution in [-0.4, -0.2) is 43.4 Å². The Morgan fingerprint density at radius 1 is 1.33 bits per heavy atom. The fraction of sp³-hybridized carbons (Fsp3) is 0.412. The van der Waals surface area contributed by atoms with Gasteiger partial charge in [0.2, 0.25) is 5.91 Å². The minimum atomic E-state index is -0.0571. The van der Waals surface area contributed by atoms with Crippen molar-refractivity contribution >= 4 is 46.8 Å². The predicted octanol–water partition coefficient (Wildman–Crippen LogP) is 2.58. The van der Waals surface area contributed by atoms with Crippen molar-refractivity contribution in [3.05, 3.63) is 36.1 Å². The standard InChI is InChI=1S/C17H24N4O2.HI/c1-12(2)20-16(22)10-19-17(18-3)21(4)11-14-9-13-7-5-6-8-15(13)23-14;/h5-9,12H,10-11H2,1-4H3,(H,18,19)(H,20,22);1H. The van der Waals surface area contributed by atoms with Gasteiger partial charge in [0.25, 0.3) is 0 Å². The number of furan rings is 1. The summed E-state index contributed by atoms with van der Waals surface area (Å²) < 4.78 is 5.81. The summed E-state index contributed by atoms with van der Waals surface area (Å²) in [4.78, 5) is 17.8. The van der Waals surface area contributed by atoms with Gasteiger partial charge in [-0.3, -0.25) is 9.79 Å². The lowest BCUT2D eigenvalue weighted by Gasteiger charge is -2.21. The molecule has 0 radical (unpaired) electrons. The molecular weight excluding hydrogens is 419 g/mol. The third-order valence-corrected chi connectivity index (χ3v) is 3.30. The van der Waals surface area contributed by atoms with E-state index in [-0.39, 0.29) is 42.5 Å². The van der Waals surface area contributed by atoms with Crippen LogP contribution >= 0.6 is 24.0 Å². The molecule has 0 unspecified atom stereocenters. The molecule has 132 valence electrons. The average molecular weight is 444 g/mol. The van der Waals surface area contributed by atoms with Crippen LogP contribution < -0.4 is 10.6 Å². The number of fused-ring (bicyclic) bond motifs is 1. The van der Waals surface area contributed by atoms with Crippen LogP contribution in [0.2, 0.25) is 0 Å². The summed E-state index contributed by atoms with van der Waals surface area (Å²) in [5.41, 5.74) is 0.871. The number of nitrogens with one attached hydrogen (secondary N) is 2. The highest BCUT2D eigenvalue weighted by atomic mass is 127. The van der Waals surface area contributed by atoms with E-state index in [9.17, 15) is 4.79 Å². The zero-order valence-corrected chi connectivity index (χ0v) is 16.8. The highest BCUT2D eigenvalue weighted by molar-refractivity contribution is 14.0. The van der Waals surface area contributed by atoms with E-state index in [1.165, 1.54) is 0 Å². The molecule has 1 aromatic heterocycles. The molecule has 1 amide bonds. The normalized spacial score (nSPS) is 11.3. The summed E-state index contributed by atoms with van der Waals surface area (Å²) in [5, 5.41) is 6.96. The quantitative estimate of drug-likeness (QED) is 0.423. The van der Waals surface area contributed by atoms with Crippen molar-refractivity contribution in [2.45, 2.75) is 26.4 Å². The highest BCUT2D eigenvalue weighted by Gasteiger charge is 2.11. The maximum absolute atomic E-state index is 11.7. The SMILES string of the molecule is CN=C(NCC(=O)NC(C)C)N(C)Cc1cc2ccccc2o1.I. The number of nitrogens with zero attached hydrogens (tertiary/aromatic N) is 2. The van der Waals surface area contributed by atoms with E-state index in [4.69, 9.17) is 4.42 Å². The molecular formula is C17H25IN4O2. The van der Waals surface area contributed by atoms with Crippen LogP contribution in [0.3, 0.4) is 0 Å². The van der Waals surface area contributed by atoms with Gasteiger partial charge in [0.1, 0.15) is 11.3 Å². The molecule has 2 rings (SSSR count). The number of halogens is 1. The summed E-state index contributed by atoms with van der Waals surface area (Å²) in [5.74, 6) is 1.44. The van der Waals surface area contributed by atoms with Crippen molar-refractivity contribution in [2.24, 2.45) is 4.99 Å². The van der Waals surface area contributed by atoms with Crippen LogP contribution in [0.4, 0.5) is 0 Å². The molecule has 2 N–H and O–H groups in total. The molecule has 0 aliphatic heterocycles. The van der Waals surface area contributed by atoms with Gasteiger partial charge in [0, 0.05) is 25.5 Å². The molecule has 7 heteroatoms. The summed E-state index contributed by atoms with van der Waals surface area (Å²) >= 11 is 0. The third kappa shape index (κ3) is 5.70. The summed E-state index contributed by atoms with van der Waals surface area (Å²) in [6, 6.07) is 10.0. The van der Waals surface area contributed by atoms with Gasteiger partial charge in [0.15, 0.2) is 5.96 Å². The number of rotatable bonds is 5. The first-order valence-corrected chi connectivity index (χ1v) is 7.68. The number of aliphatic imine (C=N–C) groups is 1. The van der Waals surface area contributed by atoms with Gasteiger partial charge in [-0.15, -0.1) is 24.0 Å². The van der Waals surface area contributed by atoms with E-state index in [1.807, 2.05) is 56.1 Å². The topological polar surface area (TPSA) is 69.9 Å². The Labute approximate surface area is 159 Å². The Bertz CT molecular complexity index is 664. The molecule has 0 atom stereocenters. The molecule has 0 spiro atoms. The Morgan fingerprint density at radius 3 is 2.67 bits per heavy atom. The number of carbonyl (C=O) groups is 1. The summed E-state index contributed by atoms with van der Waals surface area (Å²) in [6.45, 7) is 4.62. The maximum atomic E-state index is 11.7. The summed E-state index contributed by atoms with van der Waals surface area (Å²) in [6.07, 6.45) is 0. The second kappa shape index (κ2) is 9.51. The first-order chi connectivity index (χ1) is 11.0. The maximum Gasteiger partial charge on any atom is 0.239 e. The number of guanidine groups is 1. The van der Waals surface area contributed by atoms with Crippen molar-refractivity contribution in [3.8, 4) is 0 Å². The average Bonchev–Trinajstić information content (AvgIpc) is 2.89. The number of para-hydroxylation sites is 1. The van der Waals surface area contributed by atoms with Crippen molar-refractivity contribution in [3.63, 3.8) is 0 Å². The van der Waals surface area contributed by atoms with Gasteiger partial charge in [0.05, 0.1) is 13.1 Å². The second-order valence-corrected chi connectivity index (χ2v) is 5.73. The van der Waals surface area contributed by atoms with E-state index >= 15 is 0 Å². The number of amides is 1. The largest absolute Gasteiger partial charge is 0.459 e. The Balaban J connectivity index is 0.00000288. The molecule has 0 saturated carbocycles. The predicted molar refractivity (Wildman–Crippen MR) is 108 cm³/mol. The molecule has 1 heterocycles. The van der Waals surface area contributed by atoms with Crippen LogP contribution in [0.15, 0.2) is 39.7 Å². The number of hydrogen-bond donors (Lipinski definition) is 2. The molecule has 6 nitrogen and oxygen atoms in total. The lowest BCUT2D eigenvalue weighted by molar-refractivity contribution is -0.120. The number of carbonyl (C=O) groups excluding carboxylic acids is 1. The zero-order chi connectivity index (χ0) is 16.8. The molecule has 2 aromatic rings. The van der Waals surface area contributed by atoms with Gasteiger partial charge < -0.3 is 20.0 Å². The Morgan fingerprint density at radius 2 is 2.04 bits per heavy atom. The molecule has 24 heavy (non-hydrogen) atoms. The van der Waals surface area contributed by atoms with Gasteiger partial charge in [-0.1, -0.05) is 18.2 Å². The Hall–Kier alpha value is -1.77. The van der Waals surface area contributed by atoms with Gasteiger partial charge in [-0.05, 0) is 26.0 Å². The first kappa shape index (κ1) is 20.3. The monoisotopic (exact) mass is 444 g/mol. The summed E-state index contributed by atoms with van der Waals surface area (Å²) in [7, 11) is 3.60. The second-order valence-electron chi connectivity index (χ2n) is 5.73. The van der Waals surface area contributed by atoms with E-state index in [0.717, 1.165) is 16.7 Å². The lowest BCUT2D eigenvalue weighted by Crippen LogP contribution is -2.44. The smallest absolute Gasteiger partial charge is 0.239 e. The van der Waals surface area contributed by atoms with E-state index in [1.54, 1.807) is 7.05 Å². The van der Waals surface area contributed by atoms with Crippen molar-refractivity contribution in [1.29, 1.82) is 0 Å². The van der Waals surface area contributed by atoms with Crippen LogP contribution in [0.5, 0.6) is 0 Å². The van der Waals surface area contributed by atoms with Gasteiger partial charge >= 0.3 is 0 Å². The number of benzene rings is 1. The molecule has 0 aliphatic carbocycles. The van der Waals surface area contributed by atoms with E-state index in [0.29, 0.717) is 12.5 Å². The zero-order valence-electron chi connectivity index (χ0n) is 14.5. The van der Waals surface area contributed by atoms with Crippen LogP contribution in [0.1, 0.15) is 19.6 Å². The van der Waals surface area contributed by atoms with E-state index < -0.39 is 0 Å². The third-order valence-electron chi connectivity index (χ3n) is 3.30. The Kier molecular flexibility index (Phi) is 8.03. The molecule has 0 bridgehead atoms. The van der Waals surface area contributed by atoms with Crippen LogP contribution in [-0.2, 0) is 11.3 Å². The molecule has 0 aliphatic rings. The van der Waals surface area contributed by atoms with Gasteiger partial charge in [-0.2, -0.15) is 0 Å². The lowest BCUT2D eigenvalue weighted by atomic mass is 10.2. The highest BCUT2D eigenvalue weighted by Crippen LogP contribution is 2.19. The molecule has 0 fully saturated rings.